The first-order valence-corrected chi connectivity index (χ1v) is 11.1. The fraction of sp³-hybridized carbons (Fsp3) is 0.333. The SMILES string of the molecule is N=C(N)c1ccc(NC(=O)C(O)[C@H]2OCCN(c3cccc(C(=O)N4CCCC4)c3)C2=O)cc1. The Hall–Kier alpha value is -3.76. The minimum Gasteiger partial charge on any atom is -0.384 e. The number of anilines is 2. The van der Waals surface area contributed by atoms with E-state index < -0.39 is 24.0 Å². The lowest BCUT2D eigenvalue weighted by Crippen LogP contribution is -2.55. The fourth-order valence-electron chi connectivity index (χ4n) is 4.09. The lowest BCUT2D eigenvalue weighted by molar-refractivity contribution is -0.150. The van der Waals surface area contributed by atoms with E-state index in [0.29, 0.717) is 22.5 Å². The number of nitrogen functional groups attached to an aromatic ring is 1. The van der Waals surface area contributed by atoms with Gasteiger partial charge in [0.25, 0.3) is 17.7 Å². The number of hydrogen-bond acceptors (Lipinski definition) is 6. The van der Waals surface area contributed by atoms with Crippen molar-refractivity contribution < 1.29 is 24.2 Å². The number of carbonyl (C=O) groups excluding carboxylic acids is 3. The Balaban J connectivity index is 1.45. The molecule has 2 heterocycles. The molecule has 1 unspecified atom stereocenters. The molecule has 5 N–H and O–H groups in total. The average molecular weight is 466 g/mol. The van der Waals surface area contributed by atoms with Crippen molar-refractivity contribution in [3.8, 4) is 0 Å². The molecule has 2 aliphatic heterocycles. The number of morpholine rings is 1. The van der Waals surface area contributed by atoms with Crippen LogP contribution in [0.4, 0.5) is 11.4 Å². The van der Waals surface area contributed by atoms with E-state index in [0.717, 1.165) is 25.9 Å². The summed E-state index contributed by atoms with van der Waals surface area (Å²) in [5, 5.41) is 20.5. The summed E-state index contributed by atoms with van der Waals surface area (Å²) in [4.78, 5) is 41.6. The van der Waals surface area contributed by atoms with Gasteiger partial charge in [0.1, 0.15) is 5.84 Å². The van der Waals surface area contributed by atoms with Crippen LogP contribution in [0.2, 0.25) is 0 Å². The molecule has 2 aromatic rings. The van der Waals surface area contributed by atoms with Gasteiger partial charge in [-0.15, -0.1) is 0 Å². The molecular formula is C24H27N5O5. The van der Waals surface area contributed by atoms with Gasteiger partial charge in [-0.3, -0.25) is 19.8 Å². The van der Waals surface area contributed by atoms with Crippen LogP contribution in [0, 0.1) is 5.41 Å². The predicted octanol–water partition coefficient (Wildman–Crippen LogP) is 0.938. The Morgan fingerprint density at radius 3 is 2.47 bits per heavy atom. The van der Waals surface area contributed by atoms with Crippen molar-refractivity contribution in [1.29, 1.82) is 5.41 Å². The monoisotopic (exact) mass is 465 g/mol. The van der Waals surface area contributed by atoms with E-state index in [-0.39, 0.29) is 24.9 Å². The first-order valence-electron chi connectivity index (χ1n) is 11.1. The number of amidine groups is 1. The quantitative estimate of drug-likeness (QED) is 0.368. The summed E-state index contributed by atoms with van der Waals surface area (Å²) < 4.78 is 5.45. The highest BCUT2D eigenvalue weighted by atomic mass is 16.5. The zero-order valence-electron chi connectivity index (χ0n) is 18.6. The van der Waals surface area contributed by atoms with Crippen LogP contribution >= 0.6 is 0 Å². The number of aliphatic hydroxyl groups excluding tert-OH is 1. The van der Waals surface area contributed by atoms with Crippen molar-refractivity contribution in [1.82, 2.24) is 4.90 Å². The highest BCUT2D eigenvalue weighted by Crippen LogP contribution is 2.23. The molecule has 0 spiro atoms. The van der Waals surface area contributed by atoms with Crippen molar-refractivity contribution in [3.05, 3.63) is 59.7 Å². The largest absolute Gasteiger partial charge is 0.384 e. The third kappa shape index (κ3) is 4.92. The predicted molar refractivity (Wildman–Crippen MR) is 126 cm³/mol. The molecule has 0 radical (unpaired) electrons. The van der Waals surface area contributed by atoms with Gasteiger partial charge in [-0.2, -0.15) is 0 Å². The van der Waals surface area contributed by atoms with Gasteiger partial charge in [0, 0.05) is 42.1 Å². The number of likely N-dealkylation sites (tertiary alicyclic amines) is 1. The number of amides is 3. The number of nitrogens with two attached hydrogens (primary N) is 1. The van der Waals surface area contributed by atoms with Crippen LogP contribution in [0.25, 0.3) is 0 Å². The van der Waals surface area contributed by atoms with Crippen LogP contribution in [0.15, 0.2) is 48.5 Å². The number of nitrogens with zero attached hydrogens (tertiary/aromatic N) is 2. The molecule has 2 aliphatic rings. The van der Waals surface area contributed by atoms with E-state index in [9.17, 15) is 19.5 Å². The van der Waals surface area contributed by atoms with E-state index in [1.54, 1.807) is 53.4 Å². The van der Waals surface area contributed by atoms with E-state index in [4.69, 9.17) is 15.9 Å². The van der Waals surface area contributed by atoms with Crippen molar-refractivity contribution in [2.24, 2.45) is 5.73 Å². The summed E-state index contributed by atoms with van der Waals surface area (Å²) >= 11 is 0. The third-order valence-corrected chi connectivity index (χ3v) is 5.94. The maximum Gasteiger partial charge on any atom is 0.259 e. The van der Waals surface area contributed by atoms with E-state index in [2.05, 4.69) is 5.32 Å². The number of carbonyl (C=O) groups is 3. The molecule has 2 aromatic carbocycles. The van der Waals surface area contributed by atoms with Gasteiger partial charge in [-0.1, -0.05) is 6.07 Å². The first-order chi connectivity index (χ1) is 16.3. The van der Waals surface area contributed by atoms with Crippen LogP contribution in [-0.2, 0) is 14.3 Å². The summed E-state index contributed by atoms with van der Waals surface area (Å²) in [5.74, 6) is -1.54. The van der Waals surface area contributed by atoms with Gasteiger partial charge in [0.05, 0.1) is 6.61 Å². The summed E-state index contributed by atoms with van der Waals surface area (Å²) in [7, 11) is 0. The Bertz CT molecular complexity index is 1100. The minimum absolute atomic E-state index is 0.0770. The molecular weight excluding hydrogens is 438 g/mol. The normalized spacial score (nSPS) is 19.1. The van der Waals surface area contributed by atoms with Crippen molar-refractivity contribution in [3.63, 3.8) is 0 Å². The summed E-state index contributed by atoms with van der Waals surface area (Å²) in [6.07, 6.45) is -1.16. The lowest BCUT2D eigenvalue weighted by atomic mass is 10.1. The summed E-state index contributed by atoms with van der Waals surface area (Å²) in [6.45, 7) is 1.80. The second-order valence-corrected chi connectivity index (χ2v) is 8.26. The fourth-order valence-corrected chi connectivity index (χ4v) is 4.09. The van der Waals surface area contributed by atoms with Gasteiger partial charge >= 0.3 is 0 Å². The van der Waals surface area contributed by atoms with Crippen LogP contribution in [0.3, 0.4) is 0 Å². The summed E-state index contributed by atoms with van der Waals surface area (Å²) in [5.41, 5.74) is 7.29. The standard InChI is InChI=1S/C24H27N5O5/c25-21(26)15-6-8-17(9-7-15)27-22(31)19(30)20-24(33)29(12-13-34-20)18-5-3-4-16(14-18)23(32)28-10-1-2-11-28/h3-9,14,19-20,30H,1-2,10-13H2,(H3,25,26)(H,27,31)/t19?,20-/m1/s1. The minimum atomic E-state index is -1.74. The molecule has 0 bridgehead atoms. The maximum absolute atomic E-state index is 13.1. The highest BCUT2D eigenvalue weighted by molar-refractivity contribution is 6.05. The number of rotatable bonds is 6. The molecule has 178 valence electrons. The van der Waals surface area contributed by atoms with Gasteiger partial charge in [0.2, 0.25) is 0 Å². The lowest BCUT2D eigenvalue weighted by Gasteiger charge is -2.34. The summed E-state index contributed by atoms with van der Waals surface area (Å²) in [6, 6.07) is 13.0. The van der Waals surface area contributed by atoms with E-state index in [1.165, 1.54) is 4.90 Å². The molecule has 0 aromatic heterocycles. The first kappa shape index (κ1) is 23.4. The average Bonchev–Trinajstić information content (AvgIpc) is 3.39. The third-order valence-electron chi connectivity index (χ3n) is 5.94. The molecule has 0 saturated carbocycles. The maximum atomic E-state index is 13.1. The van der Waals surface area contributed by atoms with Crippen molar-refractivity contribution in [2.45, 2.75) is 25.0 Å². The molecule has 2 fully saturated rings. The topological polar surface area (TPSA) is 149 Å². The molecule has 0 aliphatic carbocycles. The van der Waals surface area contributed by atoms with Crippen LogP contribution in [0.1, 0.15) is 28.8 Å². The molecule has 3 amide bonds. The van der Waals surface area contributed by atoms with Crippen LogP contribution in [-0.4, -0.2) is 72.0 Å². The van der Waals surface area contributed by atoms with Crippen LogP contribution in [0.5, 0.6) is 0 Å². The van der Waals surface area contributed by atoms with Crippen molar-refractivity contribution >= 4 is 34.9 Å². The Labute approximate surface area is 196 Å². The van der Waals surface area contributed by atoms with Gasteiger partial charge < -0.3 is 30.7 Å². The van der Waals surface area contributed by atoms with Crippen LogP contribution < -0.4 is 16.0 Å². The molecule has 2 saturated heterocycles. The molecule has 10 nitrogen and oxygen atoms in total. The number of hydrogen-bond donors (Lipinski definition) is 4. The van der Waals surface area contributed by atoms with E-state index >= 15 is 0 Å². The van der Waals surface area contributed by atoms with Crippen molar-refractivity contribution in [2.75, 3.05) is 36.5 Å². The van der Waals surface area contributed by atoms with Gasteiger partial charge in [0.15, 0.2) is 12.2 Å². The Morgan fingerprint density at radius 2 is 1.79 bits per heavy atom. The zero-order chi connectivity index (χ0) is 24.2. The second kappa shape index (κ2) is 10.0. The number of aliphatic hydroxyl groups is 1. The molecule has 2 atom stereocenters. The molecule has 34 heavy (non-hydrogen) atoms. The number of benzene rings is 2. The highest BCUT2D eigenvalue weighted by Gasteiger charge is 2.39. The molecule has 4 rings (SSSR count). The van der Waals surface area contributed by atoms with E-state index in [1.807, 2.05) is 0 Å². The smallest absolute Gasteiger partial charge is 0.259 e. The molecule has 10 heteroatoms. The number of ether oxygens (including phenoxy) is 1. The Morgan fingerprint density at radius 1 is 1.09 bits per heavy atom. The number of nitrogens with one attached hydrogen (secondary N) is 2. The Kier molecular flexibility index (Phi) is 6.90. The second-order valence-electron chi connectivity index (χ2n) is 8.26. The zero-order valence-corrected chi connectivity index (χ0v) is 18.6. The van der Waals surface area contributed by atoms with Gasteiger partial charge in [-0.25, -0.2) is 0 Å². The van der Waals surface area contributed by atoms with Gasteiger partial charge in [-0.05, 0) is 55.3 Å².